The summed E-state index contributed by atoms with van der Waals surface area (Å²) in [6.45, 7) is 63.8. The normalized spacial score (nSPS) is 27.7. The van der Waals surface area contributed by atoms with Crippen LogP contribution in [0.15, 0.2) is 168 Å². The van der Waals surface area contributed by atoms with Crippen LogP contribution in [-0.4, -0.2) is 0 Å². The van der Waals surface area contributed by atoms with Gasteiger partial charge in [-0.05, 0) is 240 Å². The Kier molecular flexibility index (Phi) is 29.1. The van der Waals surface area contributed by atoms with Crippen molar-refractivity contribution < 1.29 is 0 Å². The maximum Gasteiger partial charge on any atom is -0.0141 e. The molecule has 0 nitrogen and oxygen atoms in total. The zero-order valence-electron chi connectivity index (χ0n) is 52.8. The first kappa shape index (κ1) is 67.5. The molecule has 0 heterocycles. The Hall–Kier alpha value is -3.64. The molecule has 6 saturated carbocycles. The molecule has 0 amide bonds. The van der Waals surface area contributed by atoms with Crippen molar-refractivity contribution in [1.82, 2.24) is 0 Å². The molecule has 0 spiro atoms. The molecule has 0 heteroatoms. The van der Waals surface area contributed by atoms with Crippen molar-refractivity contribution in [3.05, 3.63) is 168 Å². The topological polar surface area (TPSA) is 0 Å². The van der Waals surface area contributed by atoms with Gasteiger partial charge in [-0.2, -0.15) is 0 Å². The van der Waals surface area contributed by atoms with E-state index in [4.69, 9.17) is 0 Å². The highest BCUT2D eigenvalue weighted by molar-refractivity contribution is 5.27. The van der Waals surface area contributed by atoms with E-state index in [9.17, 15) is 0 Å². The van der Waals surface area contributed by atoms with Gasteiger partial charge in [0.05, 0.1) is 0 Å². The van der Waals surface area contributed by atoms with E-state index in [0.717, 1.165) is 95.9 Å². The van der Waals surface area contributed by atoms with Crippen molar-refractivity contribution in [3.63, 3.8) is 0 Å². The average Bonchev–Trinajstić information content (AvgIpc) is 4.02. The molecule has 0 N–H and O–H groups in total. The standard InChI is InChI=1S/C15H24.6C10H16/c1-12(2)6-5-7-14(4)15-10-8-13(3)9-11-15;2*1-7-4-5-8-6-9(7)10(8,2)3;1-7(2)10-5-4-8(3)9(10)6-10;1-8(2)10-6-4-9(3)5-7-10;2*1-5-10(4)8-6-7-9(2)3/h6,8-10,14-15H,5,7,11H2,1-4H3;4,8-9H,5-6H2,1-3H3;8-9H,1,4-6H2,2-3H3;7,9H,3-6H2,1-2H3;4-6,8,10H,7H2,1-3H3;5,7H,1,4,6,8H2,2-3H3;5,8H,1-2,6-7H2,3-4H3/b;;;;;;10-8+/t14-,15+;;;;;;/m0....../s1. The molecule has 0 aliphatic heterocycles. The minimum atomic E-state index is 0.606. The first-order valence-electron chi connectivity index (χ1n) is 30.3. The first-order chi connectivity index (χ1) is 35.0. The van der Waals surface area contributed by atoms with Gasteiger partial charge in [0.25, 0.3) is 0 Å². The summed E-state index contributed by atoms with van der Waals surface area (Å²) >= 11 is 0. The second kappa shape index (κ2) is 32.3. The minimum Gasteiger partial charge on any atom is -0.100 e. The minimum absolute atomic E-state index is 0.606. The van der Waals surface area contributed by atoms with Gasteiger partial charge in [0, 0.05) is 0 Å². The summed E-state index contributed by atoms with van der Waals surface area (Å²) in [6, 6.07) is 0. The summed E-state index contributed by atoms with van der Waals surface area (Å²) in [4.78, 5) is 0. The van der Waals surface area contributed by atoms with Crippen LogP contribution in [0.5, 0.6) is 0 Å². The summed E-state index contributed by atoms with van der Waals surface area (Å²) in [6.07, 6.45) is 47.2. The summed E-state index contributed by atoms with van der Waals surface area (Å²) in [7, 11) is 0. The lowest BCUT2D eigenvalue weighted by atomic mass is 9.47. The highest BCUT2D eigenvalue weighted by atomic mass is 14.6. The number of hydrogen-bond acceptors (Lipinski definition) is 0. The number of allylic oxidation sites excluding steroid dienone is 22. The zero-order valence-corrected chi connectivity index (χ0v) is 52.8. The van der Waals surface area contributed by atoms with Crippen LogP contribution in [0.25, 0.3) is 0 Å². The Morgan fingerprint density at radius 3 is 1.51 bits per heavy atom. The summed E-state index contributed by atoms with van der Waals surface area (Å²) in [5.41, 5.74) is 15.9. The third kappa shape index (κ3) is 22.3. The van der Waals surface area contributed by atoms with Gasteiger partial charge in [-0.3, -0.25) is 0 Å². The summed E-state index contributed by atoms with van der Waals surface area (Å²) in [5.74, 6) is 8.76. The summed E-state index contributed by atoms with van der Waals surface area (Å²) in [5, 5.41) is 0. The maximum absolute atomic E-state index is 4.13. The van der Waals surface area contributed by atoms with E-state index in [1.807, 2.05) is 12.2 Å². The van der Waals surface area contributed by atoms with Crippen molar-refractivity contribution in [2.24, 2.45) is 75.4 Å². The van der Waals surface area contributed by atoms with Crippen LogP contribution in [0.3, 0.4) is 0 Å². The van der Waals surface area contributed by atoms with Crippen LogP contribution in [0, 0.1) is 75.4 Å². The van der Waals surface area contributed by atoms with E-state index >= 15 is 0 Å². The molecule has 0 radical (unpaired) electrons. The number of fused-ring (bicyclic) bond motifs is 4. The third-order valence-electron chi connectivity index (χ3n) is 19.3. The molecule has 4 bridgehead atoms. The van der Waals surface area contributed by atoms with Gasteiger partial charge in [-0.1, -0.05) is 224 Å². The number of rotatable bonds is 14. The fourth-order valence-electron chi connectivity index (χ4n) is 12.6. The lowest BCUT2D eigenvalue weighted by Gasteiger charge is -2.57. The fourth-order valence-corrected chi connectivity index (χ4v) is 12.6. The zero-order chi connectivity index (χ0) is 56.8. The van der Waals surface area contributed by atoms with Crippen LogP contribution in [-0.2, 0) is 0 Å². The summed E-state index contributed by atoms with van der Waals surface area (Å²) < 4.78 is 0. The highest BCUT2D eigenvalue weighted by Gasteiger charge is 2.60. The Labute approximate surface area is 468 Å². The van der Waals surface area contributed by atoms with E-state index < -0.39 is 0 Å². The lowest BCUT2D eigenvalue weighted by molar-refractivity contribution is -0.0273. The number of hydrogen-bond donors (Lipinski definition) is 0. The van der Waals surface area contributed by atoms with Crippen molar-refractivity contribution in [3.8, 4) is 0 Å². The quantitative estimate of drug-likeness (QED) is 0.120. The van der Waals surface area contributed by atoms with Crippen LogP contribution in [0.4, 0.5) is 0 Å². The largest absolute Gasteiger partial charge is 0.100 e. The Bertz CT molecular complexity index is 2120. The molecule has 10 aliphatic rings. The van der Waals surface area contributed by atoms with Gasteiger partial charge in [-0.25, -0.2) is 0 Å². The molecule has 0 aromatic carbocycles. The molecule has 6 fully saturated rings. The molecule has 0 saturated heterocycles. The van der Waals surface area contributed by atoms with Gasteiger partial charge < -0.3 is 0 Å². The van der Waals surface area contributed by atoms with E-state index in [0.29, 0.717) is 10.8 Å². The SMILES string of the molecule is C=C/C(C)=C/CCC(=C)C.C=C1CCC2(C(C)C)CC12.C=C1CCC2CC1C2(C)C.C=CC(=C)CCC=C(C)C.CC(C)=CCC[C@H](C)[C@@H]1C=CC(C)=CC1.CC1=CCC(C(C)C)C=C1.CC1=CCC2CC1C2(C)C. The van der Waals surface area contributed by atoms with Crippen LogP contribution in [0.2, 0.25) is 0 Å². The average molecular weight is 1020 g/mol. The lowest BCUT2D eigenvalue weighted by Crippen LogP contribution is -2.48. The van der Waals surface area contributed by atoms with E-state index in [2.05, 4.69) is 225 Å². The van der Waals surface area contributed by atoms with Crippen molar-refractivity contribution in [2.45, 2.75) is 227 Å². The molecular formula is C75H120. The molecule has 7 unspecified atom stereocenters. The second-order valence-corrected chi connectivity index (χ2v) is 27.1. The van der Waals surface area contributed by atoms with Gasteiger partial charge >= 0.3 is 0 Å². The van der Waals surface area contributed by atoms with Crippen LogP contribution in [0.1, 0.15) is 227 Å². The third-order valence-corrected chi connectivity index (χ3v) is 19.3. The van der Waals surface area contributed by atoms with Crippen LogP contribution < -0.4 is 0 Å². The van der Waals surface area contributed by atoms with Crippen LogP contribution >= 0.6 is 0 Å². The van der Waals surface area contributed by atoms with Gasteiger partial charge in [0.1, 0.15) is 0 Å². The van der Waals surface area contributed by atoms with E-state index in [1.54, 1.807) is 5.57 Å². The Morgan fingerprint density at radius 1 is 0.627 bits per heavy atom. The highest BCUT2D eigenvalue weighted by Crippen LogP contribution is 2.69. The predicted octanol–water partition coefficient (Wildman–Crippen LogP) is 24.0. The van der Waals surface area contributed by atoms with Gasteiger partial charge in [0.2, 0.25) is 0 Å². The smallest absolute Gasteiger partial charge is 0.0141 e. The Morgan fingerprint density at radius 2 is 1.16 bits per heavy atom. The van der Waals surface area contributed by atoms with Crippen molar-refractivity contribution in [1.29, 1.82) is 0 Å². The molecule has 10 rings (SSSR count). The predicted molar refractivity (Wildman–Crippen MR) is 342 cm³/mol. The van der Waals surface area contributed by atoms with Gasteiger partial charge in [0.15, 0.2) is 0 Å². The molecule has 9 atom stereocenters. The molecule has 10 aliphatic carbocycles. The maximum atomic E-state index is 4.13. The fraction of sp³-hybridized carbons (Fsp3) is 0.627. The van der Waals surface area contributed by atoms with Crippen molar-refractivity contribution in [2.75, 3.05) is 0 Å². The Balaban J connectivity index is 0.000000301. The molecule has 75 heavy (non-hydrogen) atoms. The second-order valence-electron chi connectivity index (χ2n) is 27.1. The van der Waals surface area contributed by atoms with Gasteiger partial charge in [-0.15, -0.1) is 6.58 Å². The van der Waals surface area contributed by atoms with E-state index in [1.165, 1.54) is 122 Å². The monoisotopic (exact) mass is 1020 g/mol. The molecule has 0 aromatic heterocycles. The first-order valence-corrected chi connectivity index (χ1v) is 30.3. The molecular weight excluding hydrogens is 901 g/mol. The van der Waals surface area contributed by atoms with Crippen molar-refractivity contribution >= 4 is 0 Å². The molecule has 0 aromatic rings. The van der Waals surface area contributed by atoms with E-state index in [-0.39, 0.29) is 0 Å². The molecule has 420 valence electrons.